The molecule has 2 aromatic rings. The zero-order valence-electron chi connectivity index (χ0n) is 11.4. The standard InChI is InChI=1S/C16H14Cl2O3/c1-2-20-16(19)11-7-8-15(14(18)9-11)21-10-12-5-3-4-6-13(12)17/h3-9H,2,10H2,1H3. The Morgan fingerprint density at radius 3 is 2.52 bits per heavy atom. The van der Waals surface area contributed by atoms with Crippen LogP contribution in [0.15, 0.2) is 42.5 Å². The molecular formula is C16H14Cl2O3. The van der Waals surface area contributed by atoms with Crippen LogP contribution in [0.2, 0.25) is 10.0 Å². The molecule has 0 amide bonds. The third-order valence-electron chi connectivity index (χ3n) is 2.78. The van der Waals surface area contributed by atoms with Crippen LogP contribution in [-0.2, 0) is 11.3 Å². The molecule has 21 heavy (non-hydrogen) atoms. The third kappa shape index (κ3) is 4.13. The normalized spacial score (nSPS) is 10.2. The van der Waals surface area contributed by atoms with Crippen LogP contribution in [0.3, 0.4) is 0 Å². The highest BCUT2D eigenvalue weighted by Gasteiger charge is 2.10. The molecule has 2 rings (SSSR count). The zero-order valence-corrected chi connectivity index (χ0v) is 12.9. The van der Waals surface area contributed by atoms with E-state index in [-0.39, 0.29) is 0 Å². The molecule has 0 unspecified atom stereocenters. The number of ether oxygens (including phenoxy) is 2. The van der Waals surface area contributed by atoms with Gasteiger partial charge in [-0.3, -0.25) is 0 Å². The van der Waals surface area contributed by atoms with Crippen LogP contribution in [-0.4, -0.2) is 12.6 Å². The molecule has 0 saturated carbocycles. The molecule has 0 heterocycles. The van der Waals surface area contributed by atoms with E-state index in [9.17, 15) is 4.79 Å². The Balaban J connectivity index is 2.08. The monoisotopic (exact) mass is 324 g/mol. The Bertz CT molecular complexity index is 641. The van der Waals surface area contributed by atoms with Crippen LogP contribution in [0, 0.1) is 0 Å². The fourth-order valence-electron chi connectivity index (χ4n) is 1.73. The number of carbonyl (C=O) groups excluding carboxylic acids is 1. The molecule has 5 heteroatoms. The van der Waals surface area contributed by atoms with Gasteiger partial charge in [0, 0.05) is 10.6 Å². The lowest BCUT2D eigenvalue weighted by atomic mass is 10.2. The van der Waals surface area contributed by atoms with Gasteiger partial charge in [-0.1, -0.05) is 41.4 Å². The maximum Gasteiger partial charge on any atom is 0.338 e. The van der Waals surface area contributed by atoms with Gasteiger partial charge in [-0.2, -0.15) is 0 Å². The quantitative estimate of drug-likeness (QED) is 0.744. The van der Waals surface area contributed by atoms with Gasteiger partial charge >= 0.3 is 5.97 Å². The van der Waals surface area contributed by atoms with Crippen molar-refractivity contribution in [3.8, 4) is 5.75 Å². The largest absolute Gasteiger partial charge is 0.487 e. The molecule has 0 fully saturated rings. The second-order valence-electron chi connectivity index (χ2n) is 4.25. The molecule has 0 atom stereocenters. The molecule has 0 aliphatic heterocycles. The molecule has 110 valence electrons. The maximum atomic E-state index is 11.6. The van der Waals surface area contributed by atoms with Crippen LogP contribution in [0.5, 0.6) is 5.75 Å². The molecule has 2 aromatic carbocycles. The van der Waals surface area contributed by atoms with E-state index in [4.69, 9.17) is 32.7 Å². The van der Waals surface area contributed by atoms with Crippen molar-refractivity contribution in [3.05, 3.63) is 63.6 Å². The van der Waals surface area contributed by atoms with Crippen molar-refractivity contribution < 1.29 is 14.3 Å². The van der Waals surface area contributed by atoms with E-state index in [1.54, 1.807) is 25.1 Å². The molecule has 0 bridgehead atoms. The van der Waals surface area contributed by atoms with Crippen LogP contribution >= 0.6 is 23.2 Å². The van der Waals surface area contributed by atoms with Crippen molar-refractivity contribution in [1.82, 2.24) is 0 Å². The summed E-state index contributed by atoms with van der Waals surface area (Å²) in [5.74, 6) is 0.0849. The minimum absolute atomic E-state index is 0.304. The molecule has 0 aliphatic rings. The lowest BCUT2D eigenvalue weighted by Crippen LogP contribution is -2.05. The van der Waals surface area contributed by atoms with Crippen molar-refractivity contribution in [1.29, 1.82) is 0 Å². The minimum atomic E-state index is -0.406. The first-order chi connectivity index (χ1) is 10.1. The second-order valence-corrected chi connectivity index (χ2v) is 5.06. The summed E-state index contributed by atoms with van der Waals surface area (Å²) in [6.07, 6.45) is 0. The third-order valence-corrected chi connectivity index (χ3v) is 3.45. The second kappa shape index (κ2) is 7.34. The van der Waals surface area contributed by atoms with Crippen molar-refractivity contribution >= 4 is 29.2 Å². The molecule has 0 aliphatic carbocycles. The molecule has 0 N–H and O–H groups in total. The number of rotatable bonds is 5. The number of hydrogen-bond donors (Lipinski definition) is 0. The number of esters is 1. The summed E-state index contributed by atoms with van der Waals surface area (Å²) >= 11 is 12.2. The lowest BCUT2D eigenvalue weighted by Gasteiger charge is -2.10. The first-order valence-electron chi connectivity index (χ1n) is 6.44. The Labute approximate surface area is 133 Å². The first kappa shape index (κ1) is 15.7. The van der Waals surface area contributed by atoms with Crippen molar-refractivity contribution in [2.45, 2.75) is 13.5 Å². The predicted octanol–water partition coefficient (Wildman–Crippen LogP) is 4.75. The van der Waals surface area contributed by atoms with Gasteiger partial charge in [-0.15, -0.1) is 0 Å². The average Bonchev–Trinajstić information content (AvgIpc) is 2.47. The van der Waals surface area contributed by atoms with Crippen LogP contribution in [0.25, 0.3) is 0 Å². The molecule has 0 spiro atoms. The van der Waals surface area contributed by atoms with Gasteiger partial charge in [-0.25, -0.2) is 4.79 Å². The summed E-state index contributed by atoms with van der Waals surface area (Å²) in [4.78, 5) is 11.6. The van der Waals surface area contributed by atoms with Gasteiger partial charge in [0.2, 0.25) is 0 Å². The fourth-order valence-corrected chi connectivity index (χ4v) is 2.16. The van der Waals surface area contributed by atoms with Crippen molar-refractivity contribution in [3.63, 3.8) is 0 Å². The fraction of sp³-hybridized carbons (Fsp3) is 0.188. The van der Waals surface area contributed by atoms with E-state index in [1.807, 2.05) is 18.2 Å². The highest BCUT2D eigenvalue weighted by atomic mass is 35.5. The molecular weight excluding hydrogens is 311 g/mol. The van der Waals surface area contributed by atoms with E-state index >= 15 is 0 Å². The molecule has 0 aromatic heterocycles. The summed E-state index contributed by atoms with van der Waals surface area (Å²) in [6.45, 7) is 2.37. The topological polar surface area (TPSA) is 35.5 Å². The average molecular weight is 325 g/mol. The van der Waals surface area contributed by atoms with Crippen molar-refractivity contribution in [2.75, 3.05) is 6.61 Å². The van der Waals surface area contributed by atoms with Gasteiger partial charge < -0.3 is 9.47 Å². The molecule has 0 saturated heterocycles. The summed E-state index contributed by atoms with van der Waals surface area (Å²) < 4.78 is 10.5. The number of hydrogen-bond acceptors (Lipinski definition) is 3. The predicted molar refractivity (Wildman–Crippen MR) is 83.2 cm³/mol. The van der Waals surface area contributed by atoms with E-state index < -0.39 is 5.97 Å². The van der Waals surface area contributed by atoms with Gasteiger partial charge in [-0.05, 0) is 31.2 Å². The molecule has 3 nitrogen and oxygen atoms in total. The smallest absolute Gasteiger partial charge is 0.338 e. The highest BCUT2D eigenvalue weighted by Crippen LogP contribution is 2.27. The van der Waals surface area contributed by atoms with Gasteiger partial charge in [0.05, 0.1) is 17.2 Å². The zero-order chi connectivity index (χ0) is 15.2. The van der Waals surface area contributed by atoms with E-state index in [2.05, 4.69) is 0 Å². The SMILES string of the molecule is CCOC(=O)c1ccc(OCc2ccccc2Cl)c(Cl)c1. The summed E-state index contributed by atoms with van der Waals surface area (Å²) in [5.41, 5.74) is 1.26. The Morgan fingerprint density at radius 2 is 1.86 bits per heavy atom. The first-order valence-corrected chi connectivity index (χ1v) is 7.20. The number of halogens is 2. The van der Waals surface area contributed by atoms with Crippen molar-refractivity contribution in [2.24, 2.45) is 0 Å². The highest BCUT2D eigenvalue weighted by molar-refractivity contribution is 6.32. The van der Waals surface area contributed by atoms with E-state index in [0.29, 0.717) is 34.6 Å². The lowest BCUT2D eigenvalue weighted by molar-refractivity contribution is 0.0526. The molecule has 0 radical (unpaired) electrons. The summed E-state index contributed by atoms with van der Waals surface area (Å²) in [5, 5.41) is 0.990. The Hall–Kier alpha value is -1.71. The maximum absolute atomic E-state index is 11.6. The van der Waals surface area contributed by atoms with Crippen LogP contribution < -0.4 is 4.74 Å². The van der Waals surface area contributed by atoms with Gasteiger partial charge in [0.1, 0.15) is 12.4 Å². The summed E-state index contributed by atoms with van der Waals surface area (Å²) in [7, 11) is 0. The Morgan fingerprint density at radius 1 is 1.10 bits per heavy atom. The number of carbonyl (C=O) groups is 1. The number of benzene rings is 2. The van der Waals surface area contributed by atoms with Crippen LogP contribution in [0.1, 0.15) is 22.8 Å². The van der Waals surface area contributed by atoms with Gasteiger partial charge in [0.25, 0.3) is 0 Å². The van der Waals surface area contributed by atoms with Gasteiger partial charge in [0.15, 0.2) is 0 Å². The minimum Gasteiger partial charge on any atom is -0.487 e. The van der Waals surface area contributed by atoms with E-state index in [0.717, 1.165) is 5.56 Å². The summed E-state index contributed by atoms with van der Waals surface area (Å²) in [6, 6.07) is 12.2. The van der Waals surface area contributed by atoms with E-state index in [1.165, 1.54) is 6.07 Å². The Kier molecular flexibility index (Phi) is 5.48. The van der Waals surface area contributed by atoms with Crippen LogP contribution in [0.4, 0.5) is 0 Å².